The number of halogens is 3. The summed E-state index contributed by atoms with van der Waals surface area (Å²) in [5.41, 5.74) is 0.645. The van der Waals surface area contributed by atoms with Crippen molar-refractivity contribution in [2.75, 3.05) is 17.3 Å². The summed E-state index contributed by atoms with van der Waals surface area (Å²) < 4.78 is 37.8. The number of hydrogen-bond acceptors (Lipinski definition) is 4. The van der Waals surface area contributed by atoms with Crippen molar-refractivity contribution in [2.45, 2.75) is 12.7 Å². The molecule has 3 aromatic rings. The average Bonchev–Trinajstić information content (AvgIpc) is 2.68. The van der Waals surface area contributed by atoms with E-state index in [4.69, 9.17) is 0 Å². The molecule has 0 radical (unpaired) electrons. The maximum Gasteiger partial charge on any atom is 0.416 e. The van der Waals surface area contributed by atoms with Crippen molar-refractivity contribution in [3.8, 4) is 0 Å². The number of benzene rings is 2. The van der Waals surface area contributed by atoms with E-state index in [9.17, 15) is 18.0 Å². The number of anilines is 2. The van der Waals surface area contributed by atoms with Gasteiger partial charge in [0.25, 0.3) is 5.91 Å². The van der Waals surface area contributed by atoms with Crippen LogP contribution in [0.1, 0.15) is 21.6 Å². The summed E-state index contributed by atoms with van der Waals surface area (Å²) in [7, 11) is 1.81. The number of carbonyl (C=O) groups excluding carboxylic acids is 1. The van der Waals surface area contributed by atoms with Crippen LogP contribution in [0.4, 0.5) is 24.8 Å². The predicted molar refractivity (Wildman–Crippen MR) is 100.0 cm³/mol. The summed E-state index contributed by atoms with van der Waals surface area (Å²) in [5, 5.41) is 2.54. The van der Waals surface area contributed by atoms with E-state index >= 15 is 0 Å². The normalized spacial score (nSPS) is 11.1. The molecule has 8 heteroatoms. The molecule has 0 fully saturated rings. The van der Waals surface area contributed by atoms with Gasteiger partial charge in [0, 0.05) is 25.5 Å². The fraction of sp³-hybridized carbons (Fsp3) is 0.150. The molecule has 5 nitrogen and oxygen atoms in total. The molecule has 28 heavy (non-hydrogen) atoms. The number of rotatable bonds is 5. The van der Waals surface area contributed by atoms with Crippen molar-refractivity contribution in [1.82, 2.24) is 9.97 Å². The fourth-order valence-corrected chi connectivity index (χ4v) is 2.52. The summed E-state index contributed by atoms with van der Waals surface area (Å²) in [4.78, 5) is 22.6. The molecule has 0 aliphatic rings. The quantitative estimate of drug-likeness (QED) is 0.707. The number of amides is 1. The largest absolute Gasteiger partial charge is 0.416 e. The van der Waals surface area contributed by atoms with Gasteiger partial charge < -0.3 is 10.2 Å². The van der Waals surface area contributed by atoms with Gasteiger partial charge >= 0.3 is 6.18 Å². The molecule has 3 rings (SSSR count). The molecule has 0 aliphatic heterocycles. The van der Waals surface area contributed by atoms with Gasteiger partial charge in [0.1, 0.15) is 5.69 Å². The maximum atomic E-state index is 12.6. The van der Waals surface area contributed by atoms with Crippen molar-refractivity contribution in [1.29, 1.82) is 0 Å². The van der Waals surface area contributed by atoms with Gasteiger partial charge in [-0.25, -0.2) is 9.97 Å². The van der Waals surface area contributed by atoms with Gasteiger partial charge in [-0.15, -0.1) is 0 Å². The molecule has 0 atom stereocenters. The lowest BCUT2D eigenvalue weighted by atomic mass is 10.2. The van der Waals surface area contributed by atoms with Gasteiger partial charge in [-0.3, -0.25) is 4.79 Å². The third-order valence-corrected chi connectivity index (χ3v) is 3.95. The Morgan fingerprint density at radius 1 is 1.04 bits per heavy atom. The third-order valence-electron chi connectivity index (χ3n) is 3.95. The minimum absolute atomic E-state index is 0.116. The van der Waals surface area contributed by atoms with Gasteiger partial charge in [0.05, 0.1) is 5.56 Å². The van der Waals surface area contributed by atoms with Crippen LogP contribution in [0, 0.1) is 0 Å². The highest BCUT2D eigenvalue weighted by Gasteiger charge is 2.30. The van der Waals surface area contributed by atoms with Crippen LogP contribution < -0.4 is 10.2 Å². The summed E-state index contributed by atoms with van der Waals surface area (Å²) in [6.07, 6.45) is -2.96. The van der Waals surface area contributed by atoms with Crippen LogP contribution >= 0.6 is 0 Å². The van der Waals surface area contributed by atoms with Crippen molar-refractivity contribution < 1.29 is 18.0 Å². The van der Waals surface area contributed by atoms with E-state index in [2.05, 4.69) is 15.3 Å². The first-order valence-corrected chi connectivity index (χ1v) is 8.39. The van der Waals surface area contributed by atoms with Gasteiger partial charge in [0.2, 0.25) is 5.95 Å². The Morgan fingerprint density at radius 2 is 1.71 bits per heavy atom. The molecule has 1 amide bonds. The van der Waals surface area contributed by atoms with E-state index in [1.807, 2.05) is 30.3 Å². The second-order valence-electron chi connectivity index (χ2n) is 6.11. The summed E-state index contributed by atoms with van der Waals surface area (Å²) in [5.74, 6) is -0.166. The summed E-state index contributed by atoms with van der Waals surface area (Å²) >= 11 is 0. The second-order valence-corrected chi connectivity index (χ2v) is 6.11. The zero-order valence-corrected chi connectivity index (χ0v) is 14.9. The van der Waals surface area contributed by atoms with E-state index in [0.717, 1.165) is 17.7 Å². The predicted octanol–water partition coefficient (Wildman–Crippen LogP) is 4.38. The SMILES string of the molecule is CN(Cc1ccccc1)c1nccc(C(=O)Nc2ccc(C(F)(F)F)cc2)n1. The molecule has 0 saturated heterocycles. The van der Waals surface area contributed by atoms with Gasteiger partial charge in [-0.1, -0.05) is 30.3 Å². The molecule has 0 unspecified atom stereocenters. The second kappa shape index (κ2) is 8.08. The van der Waals surface area contributed by atoms with Gasteiger partial charge in [0.15, 0.2) is 0 Å². The molecule has 1 heterocycles. The van der Waals surface area contributed by atoms with Crippen molar-refractivity contribution in [3.05, 3.63) is 83.7 Å². The van der Waals surface area contributed by atoms with Crippen LogP contribution in [0.2, 0.25) is 0 Å². The van der Waals surface area contributed by atoms with Crippen LogP contribution in [0.3, 0.4) is 0 Å². The zero-order chi connectivity index (χ0) is 20.1. The number of alkyl halides is 3. The Hall–Kier alpha value is -3.42. The molecule has 1 aromatic heterocycles. The first-order valence-electron chi connectivity index (χ1n) is 8.39. The van der Waals surface area contributed by atoms with Gasteiger partial charge in [-0.05, 0) is 35.9 Å². The number of carbonyl (C=O) groups is 1. The topological polar surface area (TPSA) is 58.1 Å². The number of aromatic nitrogens is 2. The summed E-state index contributed by atoms with van der Waals surface area (Å²) in [6, 6.07) is 15.4. The van der Waals surface area contributed by atoms with E-state index < -0.39 is 17.6 Å². The molecule has 1 N–H and O–H groups in total. The molecule has 144 valence electrons. The molecule has 0 bridgehead atoms. The van der Waals surface area contributed by atoms with Crippen molar-refractivity contribution in [3.63, 3.8) is 0 Å². The summed E-state index contributed by atoms with van der Waals surface area (Å²) in [6.45, 7) is 0.560. The maximum absolute atomic E-state index is 12.6. The van der Waals surface area contributed by atoms with E-state index in [0.29, 0.717) is 12.5 Å². The number of nitrogens with one attached hydrogen (secondary N) is 1. The van der Waals surface area contributed by atoms with Crippen LogP contribution in [-0.2, 0) is 12.7 Å². The monoisotopic (exact) mass is 386 g/mol. The first-order chi connectivity index (χ1) is 13.3. The molecule has 2 aromatic carbocycles. The minimum atomic E-state index is -4.42. The van der Waals surface area contributed by atoms with Crippen molar-refractivity contribution >= 4 is 17.5 Å². The highest BCUT2D eigenvalue weighted by Crippen LogP contribution is 2.29. The Balaban J connectivity index is 1.70. The standard InChI is InChI=1S/C20H17F3N4O/c1-27(13-14-5-3-2-4-6-14)19-24-12-11-17(26-19)18(28)25-16-9-7-15(8-10-16)20(21,22)23/h2-12H,13H2,1H3,(H,25,28). The van der Waals surface area contributed by atoms with Gasteiger partial charge in [-0.2, -0.15) is 13.2 Å². The van der Waals surface area contributed by atoms with E-state index in [-0.39, 0.29) is 11.4 Å². The highest BCUT2D eigenvalue weighted by molar-refractivity contribution is 6.02. The molecular formula is C20H17F3N4O. The van der Waals surface area contributed by atoms with Crippen LogP contribution in [0.5, 0.6) is 0 Å². The van der Waals surface area contributed by atoms with Crippen molar-refractivity contribution in [2.24, 2.45) is 0 Å². The number of nitrogens with zero attached hydrogens (tertiary/aromatic N) is 3. The Kier molecular flexibility index (Phi) is 5.58. The highest BCUT2D eigenvalue weighted by atomic mass is 19.4. The molecule has 0 saturated carbocycles. The smallest absolute Gasteiger partial charge is 0.340 e. The number of hydrogen-bond donors (Lipinski definition) is 1. The lowest BCUT2D eigenvalue weighted by molar-refractivity contribution is -0.137. The lowest BCUT2D eigenvalue weighted by Crippen LogP contribution is -2.21. The minimum Gasteiger partial charge on any atom is -0.340 e. The van der Waals surface area contributed by atoms with Crippen LogP contribution in [-0.4, -0.2) is 22.9 Å². The molecule has 0 aliphatic carbocycles. The van der Waals surface area contributed by atoms with Crippen LogP contribution in [0.25, 0.3) is 0 Å². The van der Waals surface area contributed by atoms with Crippen LogP contribution in [0.15, 0.2) is 66.9 Å². The molecular weight excluding hydrogens is 369 g/mol. The third kappa shape index (κ3) is 4.85. The van der Waals surface area contributed by atoms with E-state index in [1.54, 1.807) is 11.9 Å². The first kappa shape index (κ1) is 19.3. The Bertz CT molecular complexity index is 944. The Morgan fingerprint density at radius 3 is 2.36 bits per heavy atom. The average molecular weight is 386 g/mol. The lowest BCUT2D eigenvalue weighted by Gasteiger charge is -2.17. The Labute approximate surface area is 159 Å². The molecule has 0 spiro atoms. The zero-order valence-electron chi connectivity index (χ0n) is 14.9. The van der Waals surface area contributed by atoms with E-state index in [1.165, 1.54) is 24.4 Å². The fourth-order valence-electron chi connectivity index (χ4n) is 2.52.